The van der Waals surface area contributed by atoms with Crippen molar-refractivity contribution in [2.24, 2.45) is 5.92 Å². The monoisotopic (exact) mass is 116 g/mol. The summed E-state index contributed by atoms with van der Waals surface area (Å²) in [5.74, 6) is 0.116. The van der Waals surface area contributed by atoms with Gasteiger partial charge in [0.15, 0.2) is 0 Å². The molecule has 0 N–H and O–H groups in total. The fraction of sp³-hybridized carbons (Fsp3) is 0.800. The van der Waals surface area contributed by atoms with Gasteiger partial charge in [-0.2, -0.15) is 0 Å². The first-order valence-corrected chi connectivity index (χ1v) is 2.58. The van der Waals surface area contributed by atoms with Crippen molar-refractivity contribution in [3.8, 4) is 0 Å². The van der Waals surface area contributed by atoms with E-state index in [9.17, 15) is 10.1 Å². The Morgan fingerprint density at radius 2 is 2.38 bits per heavy atom. The molecule has 0 aromatic heterocycles. The molecule has 8 heavy (non-hydrogen) atoms. The molecule has 1 atom stereocenters. The van der Waals surface area contributed by atoms with Gasteiger partial charge >= 0.3 is 0 Å². The lowest BCUT2D eigenvalue weighted by Gasteiger charge is -1.98. The quantitative estimate of drug-likeness (QED) is 0.409. The van der Waals surface area contributed by atoms with Gasteiger partial charge in [0.2, 0.25) is 6.54 Å². The maximum Gasteiger partial charge on any atom is 0.206 e. The number of nitro groups is 1. The minimum absolute atomic E-state index is 0.0451. The average Bonchev–Trinajstić information content (AvgIpc) is 1.65. The lowest BCUT2D eigenvalue weighted by Crippen LogP contribution is -2.09. The molecule has 3 heteroatoms. The van der Waals surface area contributed by atoms with Gasteiger partial charge in [-0.15, -0.1) is 0 Å². The van der Waals surface area contributed by atoms with Crippen LogP contribution >= 0.6 is 0 Å². The third kappa shape index (κ3) is 3.59. The minimum atomic E-state index is -0.310. The molecule has 0 aliphatic carbocycles. The predicted octanol–water partition coefficient (Wildman–Crippen LogP) is 1.12. The van der Waals surface area contributed by atoms with Gasteiger partial charge in [-0.05, 0) is 6.42 Å². The van der Waals surface area contributed by atoms with Gasteiger partial charge in [0, 0.05) is 10.8 Å². The van der Waals surface area contributed by atoms with Crippen LogP contribution in [-0.4, -0.2) is 11.5 Å². The number of rotatable bonds is 3. The van der Waals surface area contributed by atoms with Crippen LogP contribution in [0.1, 0.15) is 13.3 Å². The van der Waals surface area contributed by atoms with Crippen LogP contribution in [0.3, 0.4) is 0 Å². The summed E-state index contributed by atoms with van der Waals surface area (Å²) in [7, 11) is 0. The highest BCUT2D eigenvalue weighted by Gasteiger charge is 2.04. The maximum absolute atomic E-state index is 9.75. The second-order valence-corrected chi connectivity index (χ2v) is 1.91. The van der Waals surface area contributed by atoms with Crippen molar-refractivity contribution in [2.75, 3.05) is 6.54 Å². The Morgan fingerprint density at radius 3 is 2.50 bits per heavy atom. The van der Waals surface area contributed by atoms with E-state index in [1.165, 1.54) is 0 Å². The van der Waals surface area contributed by atoms with Crippen LogP contribution in [0.15, 0.2) is 0 Å². The van der Waals surface area contributed by atoms with Crippen LogP contribution in [0.5, 0.6) is 0 Å². The Hall–Kier alpha value is -0.600. The van der Waals surface area contributed by atoms with Crippen LogP contribution in [0.4, 0.5) is 0 Å². The van der Waals surface area contributed by atoms with E-state index in [2.05, 4.69) is 6.92 Å². The van der Waals surface area contributed by atoms with E-state index in [1.54, 1.807) is 0 Å². The van der Waals surface area contributed by atoms with E-state index in [-0.39, 0.29) is 17.4 Å². The lowest BCUT2D eigenvalue weighted by atomic mass is 10.1. The number of nitrogens with zero attached hydrogens (tertiary/aromatic N) is 1. The molecule has 0 heterocycles. The van der Waals surface area contributed by atoms with E-state index in [1.807, 2.05) is 6.92 Å². The molecule has 3 nitrogen and oxygen atoms in total. The first-order valence-electron chi connectivity index (χ1n) is 2.58. The van der Waals surface area contributed by atoms with Crippen LogP contribution in [0.2, 0.25) is 0 Å². The normalized spacial score (nSPS) is 13.2. The molecule has 0 amide bonds. The molecular formula is C5H10NO2. The summed E-state index contributed by atoms with van der Waals surface area (Å²) in [5, 5.41) is 9.75. The molecule has 0 saturated heterocycles. The van der Waals surface area contributed by atoms with Crippen molar-refractivity contribution in [2.45, 2.75) is 13.3 Å². The minimum Gasteiger partial charge on any atom is -0.265 e. The topological polar surface area (TPSA) is 43.1 Å². The fourth-order valence-corrected chi connectivity index (χ4v) is 0.346. The molecule has 47 valence electrons. The van der Waals surface area contributed by atoms with Crippen molar-refractivity contribution < 1.29 is 4.92 Å². The van der Waals surface area contributed by atoms with Crippen molar-refractivity contribution in [1.82, 2.24) is 0 Å². The van der Waals surface area contributed by atoms with Gasteiger partial charge in [0.05, 0.1) is 0 Å². The van der Waals surface area contributed by atoms with E-state index < -0.39 is 0 Å². The maximum atomic E-state index is 9.75. The molecule has 0 aromatic carbocycles. The summed E-state index contributed by atoms with van der Waals surface area (Å²) >= 11 is 0. The average molecular weight is 116 g/mol. The van der Waals surface area contributed by atoms with Gasteiger partial charge < -0.3 is 0 Å². The summed E-state index contributed by atoms with van der Waals surface area (Å²) in [5.41, 5.74) is 0. The largest absolute Gasteiger partial charge is 0.265 e. The second-order valence-electron chi connectivity index (χ2n) is 1.91. The van der Waals surface area contributed by atoms with Gasteiger partial charge in [-0.1, -0.05) is 13.8 Å². The standard InChI is InChI=1S/C5H10NO2/c1-3-5(2)4-6(7)8/h5H,1,3-4H2,2H3. The molecule has 0 bridgehead atoms. The molecule has 1 unspecified atom stereocenters. The van der Waals surface area contributed by atoms with Gasteiger partial charge in [0.25, 0.3) is 0 Å². The van der Waals surface area contributed by atoms with Crippen LogP contribution in [0.25, 0.3) is 0 Å². The molecule has 0 aliphatic heterocycles. The summed E-state index contributed by atoms with van der Waals surface area (Å²) in [6.07, 6.45) is 0.640. The third-order valence-electron chi connectivity index (χ3n) is 0.954. The SMILES string of the molecule is [CH2]CC(C)C[N+](=O)[O-]. The van der Waals surface area contributed by atoms with Crippen molar-refractivity contribution >= 4 is 0 Å². The number of hydrogen-bond donors (Lipinski definition) is 0. The highest BCUT2D eigenvalue weighted by molar-refractivity contribution is 4.50. The summed E-state index contributed by atoms with van der Waals surface area (Å²) in [4.78, 5) is 9.44. The van der Waals surface area contributed by atoms with E-state index in [0.717, 1.165) is 0 Å². The van der Waals surface area contributed by atoms with Crippen LogP contribution in [-0.2, 0) is 0 Å². The predicted molar refractivity (Wildman–Crippen MR) is 31.0 cm³/mol. The summed E-state index contributed by atoms with van der Waals surface area (Å²) < 4.78 is 0. The smallest absolute Gasteiger partial charge is 0.206 e. The Balaban J connectivity index is 3.24. The molecule has 0 aromatic rings. The van der Waals surface area contributed by atoms with Crippen molar-refractivity contribution in [1.29, 1.82) is 0 Å². The first-order chi connectivity index (χ1) is 3.66. The van der Waals surface area contributed by atoms with Crippen LogP contribution < -0.4 is 0 Å². The molecule has 0 fully saturated rings. The number of hydrogen-bond acceptors (Lipinski definition) is 2. The zero-order chi connectivity index (χ0) is 6.57. The highest BCUT2D eigenvalue weighted by Crippen LogP contribution is 1.98. The Morgan fingerprint density at radius 1 is 1.88 bits per heavy atom. The summed E-state index contributed by atoms with van der Waals surface area (Å²) in [6.45, 7) is 5.39. The third-order valence-corrected chi connectivity index (χ3v) is 0.954. The molecule has 1 radical (unpaired) electrons. The second kappa shape index (κ2) is 3.41. The van der Waals surface area contributed by atoms with Gasteiger partial charge in [0.1, 0.15) is 0 Å². The van der Waals surface area contributed by atoms with E-state index >= 15 is 0 Å². The van der Waals surface area contributed by atoms with Gasteiger partial charge in [-0.3, -0.25) is 10.1 Å². The zero-order valence-electron chi connectivity index (χ0n) is 4.96. The Bertz CT molecular complexity index is 82.5. The van der Waals surface area contributed by atoms with E-state index in [0.29, 0.717) is 6.42 Å². The lowest BCUT2D eigenvalue weighted by molar-refractivity contribution is -0.487. The molecular weight excluding hydrogens is 106 g/mol. The Kier molecular flexibility index (Phi) is 3.15. The van der Waals surface area contributed by atoms with Crippen molar-refractivity contribution in [3.63, 3.8) is 0 Å². The van der Waals surface area contributed by atoms with Crippen LogP contribution in [0, 0.1) is 23.0 Å². The summed E-state index contributed by atoms with van der Waals surface area (Å²) in [6, 6.07) is 0. The first kappa shape index (κ1) is 7.40. The molecule has 0 rings (SSSR count). The molecule has 0 spiro atoms. The molecule has 0 aliphatic rings. The highest BCUT2D eigenvalue weighted by atomic mass is 16.6. The zero-order valence-corrected chi connectivity index (χ0v) is 4.96. The van der Waals surface area contributed by atoms with Crippen molar-refractivity contribution in [3.05, 3.63) is 17.0 Å². The fourth-order valence-electron chi connectivity index (χ4n) is 0.346. The Labute approximate surface area is 48.9 Å². The van der Waals surface area contributed by atoms with E-state index in [4.69, 9.17) is 0 Å². The van der Waals surface area contributed by atoms with Gasteiger partial charge in [-0.25, -0.2) is 0 Å². The molecule has 0 saturated carbocycles.